The van der Waals surface area contributed by atoms with E-state index in [0.717, 1.165) is 42.8 Å². The molecule has 1 aromatic rings. The van der Waals surface area contributed by atoms with E-state index in [-0.39, 0.29) is 11.9 Å². The van der Waals surface area contributed by atoms with E-state index in [9.17, 15) is 9.59 Å². The number of rotatable bonds is 24. The first-order valence-electron chi connectivity index (χ1n) is 15.2. The number of nitrogens with one attached hydrogen (secondary N) is 3. The Morgan fingerprint density at radius 1 is 0.595 bits per heavy atom. The molecule has 212 valence electrons. The van der Waals surface area contributed by atoms with E-state index in [4.69, 9.17) is 0 Å². The highest BCUT2D eigenvalue weighted by Gasteiger charge is 2.03. The minimum absolute atomic E-state index is 0.0245. The summed E-state index contributed by atoms with van der Waals surface area (Å²) in [6, 6.07) is 7.34. The molecule has 0 saturated carbocycles. The molecule has 0 aliphatic rings. The van der Waals surface area contributed by atoms with Gasteiger partial charge in [0.1, 0.15) is 0 Å². The topological polar surface area (TPSA) is 70.2 Å². The average Bonchev–Trinajstić information content (AvgIpc) is 2.89. The molecule has 0 unspecified atom stereocenters. The molecule has 0 radical (unpaired) electrons. The first-order chi connectivity index (χ1) is 18.1. The summed E-state index contributed by atoms with van der Waals surface area (Å²) in [5.74, 6) is 0.0245. The van der Waals surface area contributed by atoms with Crippen molar-refractivity contribution in [1.82, 2.24) is 10.6 Å². The molecule has 3 amide bonds. The van der Waals surface area contributed by atoms with Gasteiger partial charge >= 0.3 is 6.03 Å². The monoisotopic (exact) mass is 533 g/mol. The van der Waals surface area contributed by atoms with Crippen molar-refractivity contribution in [2.45, 2.75) is 140 Å². The van der Waals surface area contributed by atoms with E-state index in [1.54, 1.807) is 0 Å². The van der Waals surface area contributed by atoms with Crippen LogP contribution >= 0.6 is 12.6 Å². The smallest absolute Gasteiger partial charge is 0.314 e. The molecule has 1 aromatic carbocycles. The second-order valence-corrected chi connectivity index (χ2v) is 10.9. The first kappa shape index (κ1) is 33.3. The first-order valence-corrected chi connectivity index (χ1v) is 15.7. The van der Waals surface area contributed by atoms with Crippen LogP contribution in [0.4, 0.5) is 10.5 Å². The summed E-state index contributed by atoms with van der Waals surface area (Å²) < 4.78 is 0. The molecular formula is C31H55N3O2S. The fraction of sp³-hybridized carbons (Fsp3) is 0.742. The largest absolute Gasteiger partial charge is 0.338 e. The SMILES string of the molecule is CCCCCCCCCCCCCCCCCCNC(=O)NCCCCCC(=O)Nc1ccc(S)cc1. The highest BCUT2D eigenvalue weighted by molar-refractivity contribution is 7.80. The van der Waals surface area contributed by atoms with Gasteiger partial charge in [-0.1, -0.05) is 110 Å². The van der Waals surface area contributed by atoms with Crippen molar-refractivity contribution in [3.8, 4) is 0 Å². The molecule has 0 saturated heterocycles. The minimum atomic E-state index is -0.0775. The Balaban J connectivity index is 1.77. The third-order valence-corrected chi connectivity index (χ3v) is 7.13. The van der Waals surface area contributed by atoms with Crippen LogP contribution in [0, 0.1) is 0 Å². The van der Waals surface area contributed by atoms with Crippen LogP contribution in [0.1, 0.15) is 135 Å². The standard InChI is InChI=1S/C31H55N3O2S/c1-2-3-4-5-6-7-8-9-10-11-12-13-14-15-16-19-26-32-31(36)33-27-20-17-18-21-30(35)34-28-22-24-29(37)25-23-28/h22-25,37H,2-21,26-27H2,1H3,(H,34,35)(H2,32,33,36). The lowest BCUT2D eigenvalue weighted by molar-refractivity contribution is -0.116. The molecule has 5 nitrogen and oxygen atoms in total. The molecule has 6 heteroatoms. The number of urea groups is 1. The summed E-state index contributed by atoms with van der Waals surface area (Å²) in [6.45, 7) is 3.68. The lowest BCUT2D eigenvalue weighted by atomic mass is 10.0. The van der Waals surface area contributed by atoms with E-state index in [2.05, 4.69) is 35.5 Å². The predicted molar refractivity (Wildman–Crippen MR) is 162 cm³/mol. The van der Waals surface area contributed by atoms with Crippen LogP contribution in [0.25, 0.3) is 0 Å². The summed E-state index contributed by atoms with van der Waals surface area (Å²) in [5, 5.41) is 8.76. The number of benzene rings is 1. The molecule has 0 fully saturated rings. The van der Waals surface area contributed by atoms with Crippen molar-refractivity contribution >= 4 is 30.3 Å². The summed E-state index contributed by atoms with van der Waals surface area (Å²) in [4.78, 5) is 24.7. The molecule has 1 rings (SSSR count). The van der Waals surface area contributed by atoms with Gasteiger partial charge in [-0.2, -0.15) is 0 Å². The van der Waals surface area contributed by atoms with Gasteiger partial charge in [0, 0.05) is 30.1 Å². The van der Waals surface area contributed by atoms with Crippen molar-refractivity contribution in [2.75, 3.05) is 18.4 Å². The molecule has 0 aliphatic carbocycles. The van der Waals surface area contributed by atoms with Crippen molar-refractivity contribution in [1.29, 1.82) is 0 Å². The van der Waals surface area contributed by atoms with Crippen molar-refractivity contribution in [3.63, 3.8) is 0 Å². The van der Waals surface area contributed by atoms with Gasteiger partial charge in [-0.15, -0.1) is 12.6 Å². The maximum Gasteiger partial charge on any atom is 0.314 e. The van der Waals surface area contributed by atoms with Gasteiger partial charge in [0.15, 0.2) is 0 Å². The Hall–Kier alpha value is -1.69. The zero-order chi connectivity index (χ0) is 26.8. The van der Waals surface area contributed by atoms with E-state index >= 15 is 0 Å². The van der Waals surface area contributed by atoms with Crippen LogP contribution in [0.15, 0.2) is 29.2 Å². The van der Waals surface area contributed by atoms with E-state index in [1.165, 1.54) is 96.3 Å². The molecule has 0 atom stereocenters. The Bertz CT molecular complexity index is 682. The van der Waals surface area contributed by atoms with Gasteiger partial charge < -0.3 is 16.0 Å². The van der Waals surface area contributed by atoms with E-state index < -0.39 is 0 Å². The van der Waals surface area contributed by atoms with Crippen LogP contribution in [0.3, 0.4) is 0 Å². The Labute approximate surface area is 233 Å². The number of amides is 3. The summed E-state index contributed by atoms with van der Waals surface area (Å²) >= 11 is 4.24. The fourth-order valence-electron chi connectivity index (χ4n) is 4.50. The molecule has 0 bridgehead atoms. The third-order valence-electron chi connectivity index (χ3n) is 6.83. The van der Waals surface area contributed by atoms with Gasteiger partial charge in [-0.25, -0.2) is 4.79 Å². The normalized spacial score (nSPS) is 10.9. The highest BCUT2D eigenvalue weighted by atomic mass is 32.1. The van der Waals surface area contributed by atoms with Gasteiger partial charge in [0.05, 0.1) is 0 Å². The van der Waals surface area contributed by atoms with Crippen molar-refractivity contribution in [3.05, 3.63) is 24.3 Å². The number of carbonyl (C=O) groups excluding carboxylic acids is 2. The summed E-state index contributed by atoms with van der Waals surface area (Å²) in [6.07, 6.45) is 24.8. The van der Waals surface area contributed by atoms with Gasteiger partial charge in [-0.3, -0.25) is 4.79 Å². The zero-order valence-electron chi connectivity index (χ0n) is 23.6. The second-order valence-electron chi connectivity index (χ2n) is 10.4. The Morgan fingerprint density at radius 3 is 1.46 bits per heavy atom. The lowest BCUT2D eigenvalue weighted by Gasteiger charge is -2.08. The van der Waals surface area contributed by atoms with Crippen LogP contribution in [0.2, 0.25) is 0 Å². The number of unbranched alkanes of at least 4 members (excludes halogenated alkanes) is 17. The highest BCUT2D eigenvalue weighted by Crippen LogP contribution is 2.14. The number of anilines is 1. The molecular weight excluding hydrogens is 478 g/mol. The van der Waals surface area contributed by atoms with Crippen LogP contribution in [0.5, 0.6) is 0 Å². The second kappa shape index (κ2) is 24.6. The number of carbonyl (C=O) groups is 2. The summed E-state index contributed by atoms with van der Waals surface area (Å²) in [7, 11) is 0. The summed E-state index contributed by atoms with van der Waals surface area (Å²) in [5.41, 5.74) is 0.797. The predicted octanol–water partition coefficient (Wildman–Crippen LogP) is 9.03. The Morgan fingerprint density at radius 2 is 1.00 bits per heavy atom. The van der Waals surface area contributed by atoms with Gasteiger partial charge in [0.25, 0.3) is 0 Å². The molecule has 37 heavy (non-hydrogen) atoms. The van der Waals surface area contributed by atoms with Crippen molar-refractivity contribution in [2.24, 2.45) is 0 Å². The van der Waals surface area contributed by atoms with Gasteiger partial charge in [0.2, 0.25) is 5.91 Å². The number of thiol groups is 1. The molecule has 3 N–H and O–H groups in total. The minimum Gasteiger partial charge on any atom is -0.338 e. The fourth-order valence-corrected chi connectivity index (χ4v) is 4.64. The van der Waals surface area contributed by atoms with E-state index in [1.807, 2.05) is 24.3 Å². The molecule has 0 spiro atoms. The van der Waals surface area contributed by atoms with Crippen molar-refractivity contribution < 1.29 is 9.59 Å². The maximum absolute atomic E-state index is 12.0. The quantitative estimate of drug-likeness (QED) is 0.0790. The number of hydrogen-bond donors (Lipinski definition) is 4. The average molecular weight is 534 g/mol. The zero-order valence-corrected chi connectivity index (χ0v) is 24.5. The molecule has 0 aromatic heterocycles. The third kappa shape index (κ3) is 22.0. The van der Waals surface area contributed by atoms with E-state index in [0.29, 0.717) is 13.0 Å². The number of hydrogen-bond acceptors (Lipinski definition) is 3. The maximum atomic E-state index is 12.0. The Kier molecular flexibility index (Phi) is 22.2. The lowest BCUT2D eigenvalue weighted by Crippen LogP contribution is -2.36. The molecule has 0 heterocycles. The van der Waals surface area contributed by atoms with Crippen LogP contribution in [-0.4, -0.2) is 25.0 Å². The van der Waals surface area contributed by atoms with Crippen LogP contribution in [-0.2, 0) is 4.79 Å². The van der Waals surface area contributed by atoms with Crippen LogP contribution < -0.4 is 16.0 Å². The van der Waals surface area contributed by atoms with Gasteiger partial charge in [-0.05, 0) is 43.5 Å². The molecule has 0 aliphatic heterocycles.